The Labute approximate surface area is 195 Å². The quantitative estimate of drug-likeness (QED) is 0.297. The van der Waals surface area contributed by atoms with Gasteiger partial charge in [-0.15, -0.1) is 0 Å². The van der Waals surface area contributed by atoms with E-state index < -0.39 is 17.9 Å². The normalized spacial score (nSPS) is 16.0. The summed E-state index contributed by atoms with van der Waals surface area (Å²) in [5, 5.41) is 6.31. The molecule has 0 aromatic heterocycles. The van der Waals surface area contributed by atoms with Gasteiger partial charge >= 0.3 is 11.9 Å². The molecular formula is C21H24Cl2N2O5S. The Morgan fingerprint density at radius 3 is 2.65 bits per heavy atom. The van der Waals surface area contributed by atoms with Crippen LogP contribution in [0.2, 0.25) is 10.0 Å². The van der Waals surface area contributed by atoms with Crippen molar-refractivity contribution in [3.8, 4) is 0 Å². The standard InChI is InChI=1S/C21H24Cl2N2O5S/c1-4-30-21(28)18-15(10-31-9-8-24-11-26)25-12(2)16(20(27)29-3)17(18)13-6-5-7-14(22)19(13)23/h5-7,11,17,25H,4,8-10H2,1-3H3,(H,24,26). The molecule has 0 saturated heterocycles. The maximum absolute atomic E-state index is 13.0. The first-order chi connectivity index (χ1) is 14.9. The van der Waals surface area contributed by atoms with Crippen LogP contribution in [0.25, 0.3) is 0 Å². The first-order valence-electron chi connectivity index (χ1n) is 9.52. The van der Waals surface area contributed by atoms with Gasteiger partial charge in [-0.1, -0.05) is 35.3 Å². The fraction of sp³-hybridized carbons (Fsp3) is 0.381. The van der Waals surface area contributed by atoms with E-state index in [0.717, 1.165) is 0 Å². The third kappa shape index (κ3) is 5.96. The molecule has 1 unspecified atom stereocenters. The van der Waals surface area contributed by atoms with Gasteiger partial charge in [0.2, 0.25) is 6.41 Å². The van der Waals surface area contributed by atoms with Crippen molar-refractivity contribution in [3.05, 3.63) is 56.3 Å². The molecule has 0 spiro atoms. The van der Waals surface area contributed by atoms with E-state index in [1.165, 1.54) is 18.9 Å². The molecule has 1 atom stereocenters. The molecule has 10 heteroatoms. The van der Waals surface area contributed by atoms with E-state index >= 15 is 0 Å². The number of thioether (sulfide) groups is 1. The van der Waals surface area contributed by atoms with Gasteiger partial charge in [-0.25, -0.2) is 9.59 Å². The molecule has 0 radical (unpaired) electrons. The third-order valence-electron chi connectivity index (χ3n) is 4.56. The Kier molecular flexibility index (Phi) is 9.74. The molecule has 1 aliphatic rings. The van der Waals surface area contributed by atoms with Crippen LogP contribution in [0.5, 0.6) is 0 Å². The summed E-state index contributed by atoms with van der Waals surface area (Å²) >= 11 is 14.2. The van der Waals surface area contributed by atoms with Gasteiger partial charge in [0.1, 0.15) is 0 Å². The van der Waals surface area contributed by atoms with Crippen LogP contribution in [0.1, 0.15) is 25.3 Å². The van der Waals surface area contributed by atoms with Crippen molar-refractivity contribution in [1.29, 1.82) is 0 Å². The minimum Gasteiger partial charge on any atom is -0.466 e. The molecule has 1 amide bonds. The molecule has 0 saturated carbocycles. The lowest BCUT2D eigenvalue weighted by Gasteiger charge is -2.32. The van der Waals surface area contributed by atoms with Crippen molar-refractivity contribution in [2.24, 2.45) is 0 Å². The molecule has 0 aliphatic carbocycles. The summed E-state index contributed by atoms with van der Waals surface area (Å²) in [5.74, 6) is -0.909. The highest BCUT2D eigenvalue weighted by Gasteiger charge is 2.39. The van der Waals surface area contributed by atoms with Gasteiger partial charge in [0.25, 0.3) is 0 Å². The van der Waals surface area contributed by atoms with Gasteiger partial charge in [-0.3, -0.25) is 4.79 Å². The highest BCUT2D eigenvalue weighted by molar-refractivity contribution is 7.99. The first-order valence-corrected chi connectivity index (χ1v) is 11.4. The second-order valence-corrected chi connectivity index (χ2v) is 8.36. The molecule has 1 aliphatic heterocycles. The maximum atomic E-state index is 13.0. The van der Waals surface area contributed by atoms with E-state index in [1.54, 1.807) is 32.0 Å². The van der Waals surface area contributed by atoms with Crippen LogP contribution in [0.4, 0.5) is 0 Å². The second-order valence-electron chi connectivity index (χ2n) is 6.47. The summed E-state index contributed by atoms with van der Waals surface area (Å²) in [7, 11) is 1.28. The first kappa shape index (κ1) is 25.1. The highest BCUT2D eigenvalue weighted by Crippen LogP contribution is 2.43. The molecule has 31 heavy (non-hydrogen) atoms. The molecular weight excluding hydrogens is 463 g/mol. The second kappa shape index (κ2) is 12.0. The lowest BCUT2D eigenvalue weighted by atomic mass is 9.80. The molecule has 168 valence electrons. The van der Waals surface area contributed by atoms with Gasteiger partial charge < -0.3 is 20.1 Å². The number of hydrogen-bond donors (Lipinski definition) is 2. The Bertz CT molecular complexity index is 917. The van der Waals surface area contributed by atoms with Crippen molar-refractivity contribution in [3.63, 3.8) is 0 Å². The van der Waals surface area contributed by atoms with Crippen LogP contribution in [0.15, 0.2) is 40.7 Å². The number of amides is 1. The molecule has 0 fully saturated rings. The zero-order chi connectivity index (χ0) is 23.0. The van der Waals surface area contributed by atoms with Crippen molar-refractivity contribution in [2.75, 3.05) is 31.8 Å². The molecule has 1 heterocycles. The number of nitrogens with one attached hydrogen (secondary N) is 2. The summed E-state index contributed by atoms with van der Waals surface area (Å²) in [6.07, 6.45) is 0.634. The number of carbonyl (C=O) groups is 3. The van der Waals surface area contributed by atoms with Gasteiger partial charge in [0, 0.05) is 29.4 Å². The zero-order valence-electron chi connectivity index (χ0n) is 17.4. The number of halogens is 2. The Morgan fingerprint density at radius 2 is 2.00 bits per heavy atom. The zero-order valence-corrected chi connectivity index (χ0v) is 19.7. The van der Waals surface area contributed by atoms with Crippen LogP contribution in [-0.2, 0) is 23.9 Å². The van der Waals surface area contributed by atoms with Crippen LogP contribution in [0, 0.1) is 0 Å². The minimum absolute atomic E-state index is 0.165. The van der Waals surface area contributed by atoms with Crippen LogP contribution in [-0.4, -0.2) is 50.1 Å². The number of rotatable bonds is 10. The molecule has 2 rings (SSSR count). The van der Waals surface area contributed by atoms with Gasteiger partial charge in [0.05, 0.1) is 40.8 Å². The summed E-state index contributed by atoms with van der Waals surface area (Å²) in [6, 6.07) is 5.06. The monoisotopic (exact) mass is 486 g/mol. The van der Waals surface area contributed by atoms with Crippen LogP contribution in [0.3, 0.4) is 0 Å². The number of hydrogen-bond acceptors (Lipinski definition) is 7. The molecule has 1 aromatic carbocycles. The maximum Gasteiger partial charge on any atom is 0.336 e. The Balaban J connectivity index is 2.62. The number of carbonyl (C=O) groups excluding carboxylic acids is 3. The molecule has 0 bridgehead atoms. The Morgan fingerprint density at radius 1 is 1.26 bits per heavy atom. The number of dihydropyridines is 1. The van der Waals surface area contributed by atoms with E-state index in [-0.39, 0.29) is 22.8 Å². The van der Waals surface area contributed by atoms with Gasteiger partial charge in [-0.05, 0) is 25.5 Å². The van der Waals surface area contributed by atoms with E-state index in [9.17, 15) is 14.4 Å². The van der Waals surface area contributed by atoms with E-state index in [1.807, 2.05) is 0 Å². The number of benzene rings is 1. The number of esters is 2. The molecule has 1 aromatic rings. The number of ether oxygens (including phenoxy) is 2. The van der Waals surface area contributed by atoms with E-state index in [2.05, 4.69) is 10.6 Å². The largest absolute Gasteiger partial charge is 0.466 e. The summed E-state index contributed by atoms with van der Waals surface area (Å²) in [4.78, 5) is 36.2. The minimum atomic E-state index is -0.817. The number of allylic oxidation sites excluding steroid dienone is 1. The molecule has 7 nitrogen and oxygen atoms in total. The fourth-order valence-corrected chi connectivity index (χ4v) is 4.51. The fourth-order valence-electron chi connectivity index (χ4n) is 3.26. The van der Waals surface area contributed by atoms with Crippen molar-refractivity contribution in [2.45, 2.75) is 19.8 Å². The average Bonchev–Trinajstić information content (AvgIpc) is 2.74. The average molecular weight is 487 g/mol. The summed E-state index contributed by atoms with van der Waals surface area (Å²) in [6.45, 7) is 4.09. The van der Waals surface area contributed by atoms with Gasteiger partial charge in [0.15, 0.2) is 0 Å². The predicted molar refractivity (Wildman–Crippen MR) is 122 cm³/mol. The lowest BCUT2D eigenvalue weighted by molar-refractivity contribution is -0.139. The molecule has 2 N–H and O–H groups in total. The SMILES string of the molecule is CCOC(=O)C1=C(CSCCNC=O)NC(C)=C(C(=O)OC)C1c1cccc(Cl)c1Cl. The predicted octanol–water partition coefficient (Wildman–Crippen LogP) is 3.42. The van der Waals surface area contributed by atoms with Crippen molar-refractivity contribution < 1.29 is 23.9 Å². The topological polar surface area (TPSA) is 93.7 Å². The van der Waals surface area contributed by atoms with Crippen LogP contribution < -0.4 is 10.6 Å². The van der Waals surface area contributed by atoms with Crippen LogP contribution >= 0.6 is 35.0 Å². The van der Waals surface area contributed by atoms with E-state index in [4.69, 9.17) is 32.7 Å². The van der Waals surface area contributed by atoms with Gasteiger partial charge in [-0.2, -0.15) is 11.8 Å². The van der Waals surface area contributed by atoms with E-state index in [0.29, 0.717) is 46.4 Å². The Hall–Kier alpha value is -2.16. The number of methoxy groups -OCH3 is 1. The highest BCUT2D eigenvalue weighted by atomic mass is 35.5. The lowest BCUT2D eigenvalue weighted by Crippen LogP contribution is -2.34. The smallest absolute Gasteiger partial charge is 0.336 e. The van der Waals surface area contributed by atoms with Crippen molar-refractivity contribution >= 4 is 53.3 Å². The van der Waals surface area contributed by atoms with Crippen molar-refractivity contribution in [1.82, 2.24) is 10.6 Å². The summed E-state index contributed by atoms with van der Waals surface area (Å²) < 4.78 is 10.3. The summed E-state index contributed by atoms with van der Waals surface area (Å²) in [5.41, 5.74) is 2.17. The third-order valence-corrected chi connectivity index (χ3v) is 6.38.